The van der Waals surface area contributed by atoms with E-state index in [-0.39, 0.29) is 11.8 Å². The largest absolute Gasteiger partial charge is 0.390 e. The summed E-state index contributed by atoms with van der Waals surface area (Å²) in [6.45, 7) is 6.81. The minimum atomic E-state index is 0.0267. The molecule has 3 aromatic rings. The molecule has 2 heterocycles. The summed E-state index contributed by atoms with van der Waals surface area (Å²) in [5.41, 5.74) is 8.78. The molecule has 0 atom stereocenters. The second kappa shape index (κ2) is 9.10. The van der Waals surface area contributed by atoms with Crippen LogP contribution in [0.2, 0.25) is 0 Å². The second-order valence-electron chi connectivity index (χ2n) is 8.01. The molecule has 0 radical (unpaired) electrons. The highest BCUT2D eigenvalue weighted by Gasteiger charge is 2.28. The zero-order valence-electron chi connectivity index (χ0n) is 18.1. The van der Waals surface area contributed by atoms with E-state index < -0.39 is 0 Å². The fourth-order valence-electron chi connectivity index (χ4n) is 4.48. The molecule has 2 amide bonds. The van der Waals surface area contributed by atoms with Crippen LogP contribution >= 0.6 is 11.3 Å². The summed E-state index contributed by atoms with van der Waals surface area (Å²) in [5.74, 6) is 0.461. The number of hydrogen-bond acceptors (Lipinski definition) is 4. The number of thiophene rings is 1. The summed E-state index contributed by atoms with van der Waals surface area (Å²) in [6, 6.07) is 15.9. The second-order valence-corrected chi connectivity index (χ2v) is 9.09. The number of hydrogen-bond donors (Lipinski definition) is 1. The van der Waals surface area contributed by atoms with E-state index in [0.717, 1.165) is 28.5 Å². The van der Waals surface area contributed by atoms with E-state index in [0.29, 0.717) is 42.7 Å². The third-order valence-electron chi connectivity index (χ3n) is 6.27. The predicted molar refractivity (Wildman–Crippen MR) is 128 cm³/mol. The Kier molecular flexibility index (Phi) is 6.28. The Bertz CT molecular complexity index is 1100. The minimum Gasteiger partial charge on any atom is -0.390 e. The first-order valence-corrected chi connectivity index (χ1v) is 11.8. The average Bonchev–Trinajstić information content (AvgIpc) is 3.15. The van der Waals surface area contributed by atoms with Gasteiger partial charge in [-0.15, -0.1) is 11.3 Å². The predicted octanol–water partition coefficient (Wildman–Crippen LogP) is 4.99. The quantitative estimate of drug-likeness (QED) is 0.614. The zero-order valence-corrected chi connectivity index (χ0v) is 19.0. The molecule has 1 saturated heterocycles. The Labute approximate surface area is 187 Å². The molecule has 0 aliphatic carbocycles. The number of benzene rings is 2. The normalized spacial score (nSPS) is 14.7. The fourth-order valence-corrected chi connectivity index (χ4v) is 5.44. The molecule has 6 heteroatoms. The van der Waals surface area contributed by atoms with Crippen LogP contribution in [0.15, 0.2) is 48.5 Å². The number of carbonyl (C=O) groups excluding carboxylic acids is 2. The number of rotatable bonds is 5. The van der Waals surface area contributed by atoms with Gasteiger partial charge in [0.25, 0.3) is 11.8 Å². The third kappa shape index (κ3) is 4.17. The monoisotopic (exact) mass is 435 g/mol. The van der Waals surface area contributed by atoms with Crippen LogP contribution in [0, 0.1) is 0 Å². The first-order chi connectivity index (χ1) is 15.0. The van der Waals surface area contributed by atoms with E-state index in [4.69, 9.17) is 5.73 Å². The van der Waals surface area contributed by atoms with E-state index in [1.807, 2.05) is 66.1 Å². The van der Waals surface area contributed by atoms with E-state index in [1.54, 1.807) is 0 Å². The Hall–Kier alpha value is -2.86. The number of likely N-dealkylation sites (tertiary alicyclic amines) is 1. The molecule has 31 heavy (non-hydrogen) atoms. The lowest BCUT2D eigenvalue weighted by atomic mass is 9.88. The lowest BCUT2D eigenvalue weighted by Crippen LogP contribution is -2.38. The van der Waals surface area contributed by atoms with Crippen molar-refractivity contribution < 1.29 is 9.59 Å². The number of piperidine rings is 1. The number of amides is 2. The molecule has 4 rings (SSSR count). The van der Waals surface area contributed by atoms with Crippen LogP contribution in [-0.2, 0) is 0 Å². The van der Waals surface area contributed by atoms with Crippen molar-refractivity contribution in [1.29, 1.82) is 0 Å². The highest BCUT2D eigenvalue weighted by molar-refractivity contribution is 7.23. The highest BCUT2D eigenvalue weighted by Crippen LogP contribution is 2.36. The zero-order chi connectivity index (χ0) is 22.0. The Balaban J connectivity index is 1.46. The molecular weight excluding hydrogens is 406 g/mol. The SMILES string of the molecule is CCN(CC)C(=O)c1cccc(C2CCN(C(=O)c3c(N)sc4ccccc34)CC2)c1. The molecule has 2 N–H and O–H groups in total. The van der Waals surface area contributed by atoms with Crippen molar-refractivity contribution in [3.8, 4) is 0 Å². The molecule has 0 saturated carbocycles. The van der Waals surface area contributed by atoms with Crippen LogP contribution in [0.5, 0.6) is 0 Å². The van der Waals surface area contributed by atoms with Gasteiger partial charge < -0.3 is 15.5 Å². The van der Waals surface area contributed by atoms with Crippen molar-refractivity contribution in [3.63, 3.8) is 0 Å². The van der Waals surface area contributed by atoms with Gasteiger partial charge in [-0.1, -0.05) is 30.3 Å². The number of nitrogens with two attached hydrogens (primary N) is 1. The molecule has 5 nitrogen and oxygen atoms in total. The van der Waals surface area contributed by atoms with Crippen LogP contribution < -0.4 is 5.73 Å². The van der Waals surface area contributed by atoms with Gasteiger partial charge in [-0.25, -0.2) is 0 Å². The van der Waals surface area contributed by atoms with Gasteiger partial charge in [-0.05, 0) is 56.4 Å². The smallest absolute Gasteiger partial charge is 0.257 e. The summed E-state index contributed by atoms with van der Waals surface area (Å²) in [6.07, 6.45) is 1.77. The maximum Gasteiger partial charge on any atom is 0.257 e. The summed E-state index contributed by atoms with van der Waals surface area (Å²) < 4.78 is 1.05. The molecule has 0 bridgehead atoms. The Morgan fingerprint density at radius 1 is 1.06 bits per heavy atom. The van der Waals surface area contributed by atoms with Crippen LogP contribution in [0.4, 0.5) is 5.00 Å². The van der Waals surface area contributed by atoms with Gasteiger partial charge in [-0.2, -0.15) is 0 Å². The Morgan fingerprint density at radius 3 is 2.48 bits per heavy atom. The minimum absolute atomic E-state index is 0.0267. The van der Waals surface area contributed by atoms with E-state index in [1.165, 1.54) is 16.9 Å². The van der Waals surface area contributed by atoms with Crippen molar-refractivity contribution >= 4 is 38.2 Å². The molecule has 162 valence electrons. The van der Waals surface area contributed by atoms with Gasteiger partial charge in [0.2, 0.25) is 0 Å². The highest BCUT2D eigenvalue weighted by atomic mass is 32.1. The number of nitrogen functional groups attached to an aromatic ring is 1. The van der Waals surface area contributed by atoms with E-state index in [9.17, 15) is 9.59 Å². The average molecular weight is 436 g/mol. The van der Waals surface area contributed by atoms with Crippen LogP contribution in [-0.4, -0.2) is 47.8 Å². The molecule has 1 aliphatic rings. The fraction of sp³-hybridized carbons (Fsp3) is 0.360. The van der Waals surface area contributed by atoms with E-state index in [2.05, 4.69) is 6.07 Å². The molecule has 1 fully saturated rings. The summed E-state index contributed by atoms with van der Waals surface area (Å²) in [4.78, 5) is 29.7. The molecule has 0 unspecified atom stereocenters. The number of fused-ring (bicyclic) bond motifs is 1. The van der Waals surface area contributed by atoms with Crippen molar-refractivity contribution in [1.82, 2.24) is 9.80 Å². The molecular formula is C25H29N3O2S. The van der Waals surface area contributed by atoms with Gasteiger partial charge in [0.1, 0.15) is 0 Å². The van der Waals surface area contributed by atoms with Gasteiger partial charge in [0.15, 0.2) is 0 Å². The van der Waals surface area contributed by atoms with Crippen molar-refractivity contribution in [3.05, 3.63) is 65.2 Å². The van der Waals surface area contributed by atoms with E-state index >= 15 is 0 Å². The molecule has 2 aromatic carbocycles. The number of anilines is 1. The molecule has 0 spiro atoms. The van der Waals surface area contributed by atoms with Crippen LogP contribution in [0.1, 0.15) is 58.9 Å². The lowest BCUT2D eigenvalue weighted by Gasteiger charge is -2.32. The van der Waals surface area contributed by atoms with Gasteiger partial charge >= 0.3 is 0 Å². The van der Waals surface area contributed by atoms with Gasteiger partial charge in [0, 0.05) is 41.8 Å². The van der Waals surface area contributed by atoms with Crippen molar-refractivity contribution in [2.45, 2.75) is 32.6 Å². The summed E-state index contributed by atoms with van der Waals surface area (Å²) in [5, 5.41) is 1.54. The van der Waals surface area contributed by atoms with Crippen LogP contribution in [0.25, 0.3) is 10.1 Å². The standard InChI is InChI=1S/C25H29N3O2S/c1-3-27(4-2)24(29)19-9-7-8-18(16-19)17-12-14-28(15-13-17)25(30)22-20-10-5-6-11-21(20)31-23(22)26/h5-11,16-17H,3-4,12-15,26H2,1-2H3. The first-order valence-electron chi connectivity index (χ1n) is 11.0. The maximum atomic E-state index is 13.2. The first kappa shape index (κ1) is 21.4. The van der Waals surface area contributed by atoms with Gasteiger partial charge in [0.05, 0.1) is 10.6 Å². The lowest BCUT2D eigenvalue weighted by molar-refractivity contribution is 0.0716. The number of carbonyl (C=O) groups is 2. The maximum absolute atomic E-state index is 13.2. The number of nitrogens with zero attached hydrogens (tertiary/aromatic N) is 2. The van der Waals surface area contributed by atoms with Crippen molar-refractivity contribution in [2.75, 3.05) is 31.9 Å². The third-order valence-corrected chi connectivity index (χ3v) is 7.27. The van der Waals surface area contributed by atoms with Crippen LogP contribution in [0.3, 0.4) is 0 Å². The Morgan fingerprint density at radius 2 is 1.77 bits per heavy atom. The summed E-state index contributed by atoms with van der Waals surface area (Å²) in [7, 11) is 0. The molecule has 1 aromatic heterocycles. The van der Waals surface area contributed by atoms with Gasteiger partial charge in [-0.3, -0.25) is 9.59 Å². The summed E-state index contributed by atoms with van der Waals surface area (Å²) >= 11 is 1.47. The molecule has 1 aliphatic heterocycles. The topological polar surface area (TPSA) is 66.6 Å². The van der Waals surface area contributed by atoms with Crippen molar-refractivity contribution in [2.24, 2.45) is 0 Å².